The van der Waals surface area contributed by atoms with Gasteiger partial charge in [-0.05, 0) is 30.4 Å². The molecular formula is C17H19NO3S. The van der Waals surface area contributed by atoms with Crippen LogP contribution in [0.2, 0.25) is 0 Å². The first-order chi connectivity index (χ1) is 10.6. The molecule has 1 aromatic heterocycles. The van der Waals surface area contributed by atoms with Crippen molar-refractivity contribution in [2.75, 3.05) is 0 Å². The molecule has 1 amide bonds. The van der Waals surface area contributed by atoms with Crippen LogP contribution in [-0.2, 0) is 16.0 Å². The minimum atomic E-state index is -0.924. The van der Waals surface area contributed by atoms with Gasteiger partial charge in [0.2, 0.25) is 5.91 Å². The monoisotopic (exact) mass is 317 g/mol. The van der Waals surface area contributed by atoms with Crippen LogP contribution in [0.1, 0.15) is 29.8 Å². The molecule has 5 heteroatoms. The van der Waals surface area contributed by atoms with E-state index in [-0.39, 0.29) is 5.91 Å². The first-order valence-electron chi connectivity index (χ1n) is 7.17. The molecule has 1 aromatic carbocycles. The third-order valence-corrected chi connectivity index (χ3v) is 4.48. The average molecular weight is 317 g/mol. The molecule has 2 atom stereocenters. The number of carbonyl (C=O) groups is 2. The van der Waals surface area contributed by atoms with Gasteiger partial charge in [0.05, 0.1) is 12.0 Å². The standard InChI is InChI=1S/C17H19NO3S/c1-12(17(20)21)16(13-6-3-2-4-7-13)18-15(19)10-9-14-8-5-11-22-14/h2-8,11-12,16H,9-10H2,1H3,(H,18,19)(H,20,21). The van der Waals surface area contributed by atoms with E-state index in [0.717, 1.165) is 10.4 Å². The van der Waals surface area contributed by atoms with E-state index >= 15 is 0 Å². The number of hydrogen-bond acceptors (Lipinski definition) is 3. The van der Waals surface area contributed by atoms with E-state index in [2.05, 4.69) is 5.32 Å². The third-order valence-electron chi connectivity index (χ3n) is 3.54. The van der Waals surface area contributed by atoms with Crippen molar-refractivity contribution in [2.24, 2.45) is 5.92 Å². The number of amides is 1. The maximum absolute atomic E-state index is 12.1. The van der Waals surface area contributed by atoms with Gasteiger partial charge in [0.1, 0.15) is 0 Å². The normalized spacial score (nSPS) is 13.3. The van der Waals surface area contributed by atoms with Crippen LogP contribution in [0.25, 0.3) is 0 Å². The Kier molecular flexibility index (Phi) is 5.72. The summed E-state index contributed by atoms with van der Waals surface area (Å²) in [5, 5.41) is 14.1. The summed E-state index contributed by atoms with van der Waals surface area (Å²) < 4.78 is 0. The lowest BCUT2D eigenvalue weighted by Gasteiger charge is -2.23. The Hall–Kier alpha value is -2.14. The summed E-state index contributed by atoms with van der Waals surface area (Å²) in [6, 6.07) is 12.7. The van der Waals surface area contributed by atoms with Crippen LogP contribution in [0, 0.1) is 5.92 Å². The zero-order valence-electron chi connectivity index (χ0n) is 12.4. The molecule has 2 aromatic rings. The zero-order valence-corrected chi connectivity index (χ0v) is 13.2. The van der Waals surface area contributed by atoms with Crippen molar-refractivity contribution in [3.8, 4) is 0 Å². The van der Waals surface area contributed by atoms with E-state index in [1.165, 1.54) is 0 Å². The number of hydrogen-bond donors (Lipinski definition) is 2. The largest absolute Gasteiger partial charge is 0.481 e. The van der Waals surface area contributed by atoms with Crippen LogP contribution in [0.4, 0.5) is 0 Å². The minimum absolute atomic E-state index is 0.129. The topological polar surface area (TPSA) is 66.4 Å². The number of carboxylic acid groups (broad SMARTS) is 1. The summed E-state index contributed by atoms with van der Waals surface area (Å²) in [4.78, 5) is 24.6. The Morgan fingerprint density at radius 1 is 1.18 bits per heavy atom. The Morgan fingerprint density at radius 3 is 2.50 bits per heavy atom. The molecule has 2 N–H and O–H groups in total. The molecule has 0 saturated carbocycles. The maximum Gasteiger partial charge on any atom is 0.308 e. The van der Waals surface area contributed by atoms with Crippen LogP contribution in [-0.4, -0.2) is 17.0 Å². The Labute approximate surface area is 133 Å². The molecule has 0 aliphatic heterocycles. The van der Waals surface area contributed by atoms with Gasteiger partial charge >= 0.3 is 5.97 Å². The van der Waals surface area contributed by atoms with E-state index in [1.54, 1.807) is 18.3 Å². The van der Waals surface area contributed by atoms with Crippen molar-refractivity contribution in [1.82, 2.24) is 5.32 Å². The smallest absolute Gasteiger partial charge is 0.308 e. The summed E-state index contributed by atoms with van der Waals surface area (Å²) in [7, 11) is 0. The van der Waals surface area contributed by atoms with Crippen molar-refractivity contribution in [3.63, 3.8) is 0 Å². The number of nitrogens with one attached hydrogen (secondary N) is 1. The number of thiophene rings is 1. The Balaban J connectivity index is 2.02. The number of carboxylic acids is 1. The number of benzene rings is 1. The predicted octanol–water partition coefficient (Wildman–Crippen LogP) is 3.26. The van der Waals surface area contributed by atoms with E-state index in [9.17, 15) is 14.7 Å². The molecule has 0 spiro atoms. The molecule has 0 radical (unpaired) electrons. The maximum atomic E-state index is 12.1. The predicted molar refractivity (Wildman–Crippen MR) is 86.8 cm³/mol. The van der Waals surface area contributed by atoms with Gasteiger partial charge in [-0.25, -0.2) is 0 Å². The highest BCUT2D eigenvalue weighted by Crippen LogP contribution is 2.22. The van der Waals surface area contributed by atoms with Gasteiger partial charge in [0.25, 0.3) is 0 Å². The average Bonchev–Trinajstić information content (AvgIpc) is 3.04. The van der Waals surface area contributed by atoms with Crippen LogP contribution < -0.4 is 5.32 Å². The third kappa shape index (κ3) is 4.43. The van der Waals surface area contributed by atoms with Gasteiger partial charge in [-0.15, -0.1) is 11.3 Å². The van der Waals surface area contributed by atoms with Crippen LogP contribution in [0.15, 0.2) is 47.8 Å². The number of carbonyl (C=O) groups excluding carboxylic acids is 1. The number of aryl methyl sites for hydroxylation is 1. The molecule has 4 nitrogen and oxygen atoms in total. The van der Waals surface area contributed by atoms with Crippen molar-refractivity contribution in [2.45, 2.75) is 25.8 Å². The van der Waals surface area contributed by atoms with Gasteiger partial charge in [-0.3, -0.25) is 9.59 Å². The van der Waals surface area contributed by atoms with Crippen LogP contribution in [0.5, 0.6) is 0 Å². The van der Waals surface area contributed by atoms with Gasteiger partial charge in [0.15, 0.2) is 0 Å². The van der Waals surface area contributed by atoms with Crippen molar-refractivity contribution >= 4 is 23.2 Å². The van der Waals surface area contributed by atoms with E-state index in [4.69, 9.17) is 0 Å². The molecular weight excluding hydrogens is 298 g/mol. The molecule has 0 saturated heterocycles. The lowest BCUT2D eigenvalue weighted by Crippen LogP contribution is -2.35. The van der Waals surface area contributed by atoms with E-state index < -0.39 is 17.9 Å². The molecule has 2 rings (SSSR count). The van der Waals surface area contributed by atoms with E-state index in [0.29, 0.717) is 12.8 Å². The molecule has 2 unspecified atom stereocenters. The first kappa shape index (κ1) is 16.2. The highest BCUT2D eigenvalue weighted by Gasteiger charge is 2.26. The SMILES string of the molecule is CC(C(=O)O)C(NC(=O)CCc1cccs1)c1ccccc1. The summed E-state index contributed by atoms with van der Waals surface area (Å²) in [6.45, 7) is 1.61. The molecule has 116 valence electrons. The molecule has 22 heavy (non-hydrogen) atoms. The minimum Gasteiger partial charge on any atom is -0.481 e. The van der Waals surface area contributed by atoms with Crippen LogP contribution >= 0.6 is 11.3 Å². The Morgan fingerprint density at radius 2 is 1.91 bits per heavy atom. The molecule has 0 bridgehead atoms. The second-order valence-electron chi connectivity index (χ2n) is 5.16. The van der Waals surface area contributed by atoms with E-state index in [1.807, 2.05) is 47.8 Å². The quantitative estimate of drug-likeness (QED) is 0.823. The fourth-order valence-corrected chi connectivity index (χ4v) is 2.95. The summed E-state index contributed by atoms with van der Waals surface area (Å²) in [5.41, 5.74) is 0.807. The van der Waals surface area contributed by atoms with Gasteiger partial charge in [-0.1, -0.05) is 36.4 Å². The molecule has 0 fully saturated rings. The fourth-order valence-electron chi connectivity index (χ4n) is 2.24. The lowest BCUT2D eigenvalue weighted by atomic mass is 9.94. The number of aliphatic carboxylic acids is 1. The Bertz CT molecular complexity index is 610. The summed E-state index contributed by atoms with van der Waals surface area (Å²) in [6.07, 6.45) is 1.03. The summed E-state index contributed by atoms with van der Waals surface area (Å²) in [5.74, 6) is -1.74. The highest BCUT2D eigenvalue weighted by atomic mass is 32.1. The lowest BCUT2D eigenvalue weighted by molar-refractivity contribution is -0.142. The summed E-state index contributed by atoms with van der Waals surface area (Å²) >= 11 is 1.62. The molecule has 0 aliphatic carbocycles. The first-order valence-corrected chi connectivity index (χ1v) is 8.05. The zero-order chi connectivity index (χ0) is 15.9. The number of rotatable bonds is 7. The second-order valence-corrected chi connectivity index (χ2v) is 6.19. The fraction of sp³-hybridized carbons (Fsp3) is 0.294. The molecule has 1 heterocycles. The van der Waals surface area contributed by atoms with Gasteiger partial charge < -0.3 is 10.4 Å². The van der Waals surface area contributed by atoms with Crippen LogP contribution in [0.3, 0.4) is 0 Å². The molecule has 0 aliphatic rings. The second kappa shape index (κ2) is 7.75. The van der Waals surface area contributed by atoms with Gasteiger partial charge in [0, 0.05) is 11.3 Å². The highest BCUT2D eigenvalue weighted by molar-refractivity contribution is 7.09. The van der Waals surface area contributed by atoms with Crippen molar-refractivity contribution in [3.05, 3.63) is 58.3 Å². The van der Waals surface area contributed by atoms with Crippen molar-refractivity contribution < 1.29 is 14.7 Å². The van der Waals surface area contributed by atoms with Gasteiger partial charge in [-0.2, -0.15) is 0 Å². The van der Waals surface area contributed by atoms with Crippen molar-refractivity contribution in [1.29, 1.82) is 0 Å².